The van der Waals surface area contributed by atoms with E-state index in [9.17, 15) is 22.8 Å². The number of alkyl halides is 3. The summed E-state index contributed by atoms with van der Waals surface area (Å²) in [6, 6.07) is 5.04. The molecular formula is C28H35F3N4O3. The molecule has 2 aliphatic heterocycles. The van der Waals surface area contributed by atoms with Crippen LogP contribution in [0.5, 0.6) is 0 Å². The molecule has 3 atom stereocenters. The number of benzene rings is 1. The number of likely N-dealkylation sites (tertiary alicyclic amines) is 1. The van der Waals surface area contributed by atoms with E-state index in [1.807, 2.05) is 11.8 Å². The first-order valence-corrected chi connectivity index (χ1v) is 13.2. The van der Waals surface area contributed by atoms with Gasteiger partial charge >= 0.3 is 6.18 Å². The molecule has 2 N–H and O–H groups in total. The monoisotopic (exact) mass is 532 g/mol. The van der Waals surface area contributed by atoms with E-state index in [0.29, 0.717) is 37.3 Å². The summed E-state index contributed by atoms with van der Waals surface area (Å²) in [7, 11) is 2.06. The summed E-state index contributed by atoms with van der Waals surface area (Å²) in [5.41, 5.74) is 6.23. The highest BCUT2D eigenvalue weighted by atomic mass is 19.4. The van der Waals surface area contributed by atoms with Crippen LogP contribution < -0.4 is 16.2 Å². The quantitative estimate of drug-likeness (QED) is 0.605. The Kier molecular flexibility index (Phi) is 7.06. The molecule has 2 saturated heterocycles. The number of pyridine rings is 1. The van der Waals surface area contributed by atoms with Crippen molar-refractivity contribution in [1.82, 2.24) is 9.47 Å². The maximum atomic E-state index is 13.8. The number of hydrogen-bond acceptors (Lipinski definition) is 5. The Labute approximate surface area is 220 Å². The molecule has 3 heterocycles. The summed E-state index contributed by atoms with van der Waals surface area (Å²) in [6.45, 7) is 6.09. The van der Waals surface area contributed by atoms with Gasteiger partial charge in [0.2, 0.25) is 0 Å². The SMILES string of the molecule is Cc1c([C@@H](C)N(c2cc(=O)n(C3CCOCC3)cc2C(N)=O)C2C3CC2CN(C)C3)cccc1C(F)(F)F. The summed E-state index contributed by atoms with van der Waals surface area (Å²) in [6.07, 6.45) is -0.622. The van der Waals surface area contributed by atoms with Crippen molar-refractivity contribution in [3.63, 3.8) is 0 Å². The molecule has 2 unspecified atom stereocenters. The number of ether oxygens (including phenoxy) is 1. The van der Waals surface area contributed by atoms with Crippen molar-refractivity contribution < 1.29 is 22.7 Å². The summed E-state index contributed by atoms with van der Waals surface area (Å²) < 4.78 is 48.4. The molecular weight excluding hydrogens is 497 g/mol. The molecule has 1 aromatic heterocycles. The second-order valence-electron chi connectivity index (χ2n) is 11.1. The van der Waals surface area contributed by atoms with Gasteiger partial charge in [-0.2, -0.15) is 13.2 Å². The zero-order chi connectivity index (χ0) is 27.4. The van der Waals surface area contributed by atoms with Crippen LogP contribution in [-0.4, -0.2) is 54.8 Å². The van der Waals surface area contributed by atoms with Crippen LogP contribution in [0.1, 0.15) is 65.3 Å². The van der Waals surface area contributed by atoms with Gasteiger partial charge in [-0.15, -0.1) is 0 Å². The van der Waals surface area contributed by atoms with E-state index in [-0.39, 0.29) is 40.6 Å². The molecule has 206 valence electrons. The first-order valence-electron chi connectivity index (χ1n) is 13.2. The standard InChI is InChI=1S/C28H35F3N4O3/c1-16-21(5-4-6-23(16)28(29,30)31)17(2)35(26-18-11-19(26)14-33(3)13-18)24-12-25(36)34(15-22(24)27(32)37)20-7-9-38-10-8-20/h4-6,12,15,17-20,26H,7-11,13-14H2,1-3H3,(H2,32,37)/t17-,18?,19?,26?/m1/s1. The van der Waals surface area contributed by atoms with Crippen molar-refractivity contribution in [2.45, 2.75) is 57.4 Å². The first kappa shape index (κ1) is 26.7. The van der Waals surface area contributed by atoms with Crippen molar-refractivity contribution in [2.75, 3.05) is 38.3 Å². The Hall–Kier alpha value is -2.85. The third kappa shape index (κ3) is 4.73. The van der Waals surface area contributed by atoms with Gasteiger partial charge in [-0.3, -0.25) is 9.59 Å². The van der Waals surface area contributed by atoms with Gasteiger partial charge in [-0.05, 0) is 69.2 Å². The Bertz CT molecular complexity index is 1260. The maximum absolute atomic E-state index is 13.8. The lowest BCUT2D eigenvalue weighted by molar-refractivity contribution is -0.138. The molecule has 3 fully saturated rings. The molecule has 0 spiro atoms. The molecule has 1 aromatic carbocycles. The third-order valence-corrected chi connectivity index (χ3v) is 8.72. The van der Waals surface area contributed by atoms with E-state index in [0.717, 1.165) is 25.6 Å². The van der Waals surface area contributed by atoms with Crippen LogP contribution in [-0.2, 0) is 10.9 Å². The molecule has 1 saturated carbocycles. The Morgan fingerprint density at radius 2 is 1.84 bits per heavy atom. The molecule has 5 rings (SSSR count). The van der Waals surface area contributed by atoms with E-state index in [1.165, 1.54) is 19.1 Å². The Morgan fingerprint density at radius 1 is 1.18 bits per heavy atom. The van der Waals surface area contributed by atoms with Crippen molar-refractivity contribution >= 4 is 11.6 Å². The number of fused-ring (bicyclic) bond motifs is 2. The summed E-state index contributed by atoms with van der Waals surface area (Å²) in [4.78, 5) is 30.5. The summed E-state index contributed by atoms with van der Waals surface area (Å²) in [5.74, 6) is -0.128. The smallest absolute Gasteiger partial charge is 0.381 e. The molecule has 38 heavy (non-hydrogen) atoms. The molecule has 1 aliphatic carbocycles. The number of nitrogens with two attached hydrogens (primary N) is 1. The van der Waals surface area contributed by atoms with Gasteiger partial charge < -0.3 is 24.8 Å². The lowest BCUT2D eigenvalue weighted by Crippen LogP contribution is -2.64. The Morgan fingerprint density at radius 3 is 2.45 bits per heavy atom. The number of aromatic nitrogens is 1. The lowest BCUT2D eigenvalue weighted by Gasteiger charge is -2.59. The van der Waals surface area contributed by atoms with Crippen LogP contribution >= 0.6 is 0 Å². The predicted molar refractivity (Wildman–Crippen MR) is 138 cm³/mol. The minimum Gasteiger partial charge on any atom is -0.381 e. The molecule has 3 aliphatic rings. The fraction of sp³-hybridized carbons (Fsp3) is 0.571. The summed E-state index contributed by atoms with van der Waals surface area (Å²) >= 11 is 0. The van der Waals surface area contributed by atoms with Gasteiger partial charge in [0.1, 0.15) is 0 Å². The first-order chi connectivity index (χ1) is 18.0. The van der Waals surface area contributed by atoms with Crippen molar-refractivity contribution in [3.8, 4) is 0 Å². The maximum Gasteiger partial charge on any atom is 0.416 e. The van der Waals surface area contributed by atoms with Crippen molar-refractivity contribution in [1.29, 1.82) is 0 Å². The number of nitrogens with zero attached hydrogens (tertiary/aromatic N) is 3. The second-order valence-corrected chi connectivity index (χ2v) is 11.1. The van der Waals surface area contributed by atoms with Crippen molar-refractivity contribution in [3.05, 3.63) is 63.1 Å². The van der Waals surface area contributed by atoms with Crippen LogP contribution in [0.4, 0.5) is 18.9 Å². The van der Waals surface area contributed by atoms with Gasteiger partial charge in [-0.1, -0.05) is 12.1 Å². The second kappa shape index (κ2) is 10.0. The molecule has 2 bridgehead atoms. The zero-order valence-corrected chi connectivity index (χ0v) is 22.0. The average Bonchev–Trinajstić information content (AvgIpc) is 2.86. The lowest BCUT2D eigenvalue weighted by atomic mass is 9.65. The third-order valence-electron chi connectivity index (χ3n) is 8.72. The van der Waals surface area contributed by atoms with Crippen LogP contribution in [0.15, 0.2) is 35.3 Å². The average molecular weight is 533 g/mol. The molecule has 7 nitrogen and oxygen atoms in total. The predicted octanol–water partition coefficient (Wildman–Crippen LogP) is 4.14. The number of primary amides is 1. The number of carbonyl (C=O) groups is 1. The highest BCUT2D eigenvalue weighted by molar-refractivity contribution is 5.98. The number of rotatable bonds is 6. The minimum atomic E-state index is -4.48. The van der Waals surface area contributed by atoms with E-state index in [4.69, 9.17) is 10.5 Å². The van der Waals surface area contributed by atoms with Crippen LogP contribution in [0.25, 0.3) is 0 Å². The zero-order valence-electron chi connectivity index (χ0n) is 22.0. The van der Waals surface area contributed by atoms with Gasteiger partial charge in [0.05, 0.1) is 22.9 Å². The number of anilines is 1. The molecule has 1 amide bonds. The van der Waals surface area contributed by atoms with Crippen molar-refractivity contribution in [2.24, 2.45) is 17.6 Å². The summed E-state index contributed by atoms with van der Waals surface area (Å²) in [5, 5.41) is 0. The van der Waals surface area contributed by atoms with Gasteiger partial charge in [0.15, 0.2) is 0 Å². The van der Waals surface area contributed by atoms with Crippen LogP contribution in [0.3, 0.4) is 0 Å². The molecule has 0 radical (unpaired) electrons. The number of carbonyl (C=O) groups excluding carboxylic acids is 1. The fourth-order valence-corrected chi connectivity index (χ4v) is 6.93. The normalized spacial score (nSPS) is 25.1. The highest BCUT2D eigenvalue weighted by Crippen LogP contribution is 2.48. The van der Waals surface area contributed by atoms with Gasteiger partial charge in [0.25, 0.3) is 11.5 Å². The number of halogens is 3. The number of hydrogen-bond donors (Lipinski definition) is 1. The fourth-order valence-electron chi connectivity index (χ4n) is 6.93. The van der Waals surface area contributed by atoms with E-state index < -0.39 is 23.7 Å². The number of amides is 1. The van der Waals surface area contributed by atoms with E-state index >= 15 is 0 Å². The number of piperidine rings is 2. The van der Waals surface area contributed by atoms with Gasteiger partial charge in [-0.25, -0.2) is 0 Å². The van der Waals surface area contributed by atoms with Crippen LogP contribution in [0.2, 0.25) is 0 Å². The topological polar surface area (TPSA) is 80.8 Å². The Balaban J connectivity index is 1.64. The molecule has 10 heteroatoms. The highest BCUT2D eigenvalue weighted by Gasteiger charge is 2.50. The van der Waals surface area contributed by atoms with E-state index in [1.54, 1.807) is 16.8 Å². The van der Waals surface area contributed by atoms with Gasteiger partial charge in [0, 0.05) is 50.7 Å². The molecule has 2 aromatic rings. The largest absolute Gasteiger partial charge is 0.416 e. The van der Waals surface area contributed by atoms with E-state index in [2.05, 4.69) is 11.9 Å². The minimum absolute atomic E-state index is 0.0217. The van der Waals surface area contributed by atoms with Crippen LogP contribution in [0, 0.1) is 18.8 Å².